The maximum absolute atomic E-state index is 13.1. The molecule has 2 bridgehead atoms. The van der Waals surface area contributed by atoms with E-state index in [1.165, 1.54) is 16.7 Å². The molecular weight excluding hydrogens is 350 g/mol. The van der Waals surface area contributed by atoms with Crippen LogP contribution in [0.2, 0.25) is 0 Å². The summed E-state index contributed by atoms with van der Waals surface area (Å²) in [5.41, 5.74) is 7.67. The highest BCUT2D eigenvalue weighted by atomic mass is 16.5. The van der Waals surface area contributed by atoms with E-state index in [2.05, 4.69) is 46.7 Å². The Balaban J connectivity index is 0.000000932. The molecule has 0 saturated carbocycles. The van der Waals surface area contributed by atoms with Crippen LogP contribution in [-0.2, 0) is 28.2 Å². The zero-order chi connectivity index (χ0) is 19.7. The van der Waals surface area contributed by atoms with Crippen LogP contribution < -0.4 is 5.43 Å². The second kappa shape index (κ2) is 7.57. The lowest BCUT2D eigenvalue weighted by Crippen LogP contribution is -2.51. The first kappa shape index (κ1) is 19.0. The number of benzene rings is 2. The van der Waals surface area contributed by atoms with Gasteiger partial charge in [-0.1, -0.05) is 50.2 Å². The summed E-state index contributed by atoms with van der Waals surface area (Å²) >= 11 is 0. The van der Waals surface area contributed by atoms with E-state index in [1.54, 1.807) is 12.1 Å². The van der Waals surface area contributed by atoms with Gasteiger partial charge in [-0.25, -0.2) is 0 Å². The number of rotatable bonds is 1. The first-order valence-electron chi connectivity index (χ1n) is 10.2. The maximum atomic E-state index is 13.1. The van der Waals surface area contributed by atoms with Crippen molar-refractivity contribution in [1.82, 2.24) is 9.91 Å². The number of carbonyl (C=O) groups excluding carboxylic acids is 1. The standard InChI is InChI=1S/C21H23N3O2.C2H6/c1-23-20(25)19(12-15-5-4-7-17(11-15)22-23)24-10-9-21(14-24)18-8-3-2-6-16(18)13-26-21;1-2/h2-8,11,19,22H,9-10,12-14H2,1H3;1-2H3. The van der Waals surface area contributed by atoms with E-state index in [9.17, 15) is 4.79 Å². The summed E-state index contributed by atoms with van der Waals surface area (Å²) in [7, 11) is 1.81. The maximum Gasteiger partial charge on any atom is 0.258 e. The summed E-state index contributed by atoms with van der Waals surface area (Å²) in [5, 5.41) is 1.62. The summed E-state index contributed by atoms with van der Waals surface area (Å²) in [6, 6.07) is 16.6. The molecule has 2 atom stereocenters. The van der Waals surface area contributed by atoms with Crippen LogP contribution in [0, 0.1) is 0 Å². The molecule has 1 spiro atoms. The lowest BCUT2D eigenvalue weighted by atomic mass is 9.91. The average molecular weight is 380 g/mol. The minimum Gasteiger partial charge on any atom is -0.364 e. The average Bonchev–Trinajstić information content (AvgIpc) is 3.32. The van der Waals surface area contributed by atoms with Crippen molar-refractivity contribution in [3.63, 3.8) is 0 Å². The number of likely N-dealkylation sites (tertiary alicyclic amines) is 1. The van der Waals surface area contributed by atoms with Crippen molar-refractivity contribution in [2.45, 2.75) is 44.9 Å². The molecule has 1 amide bonds. The fraction of sp³-hybridized carbons (Fsp3) is 0.435. The number of hydrogen-bond acceptors (Lipinski definition) is 4. The second-order valence-electron chi connectivity index (χ2n) is 7.59. The van der Waals surface area contributed by atoms with Crippen LogP contribution in [-0.4, -0.2) is 42.0 Å². The molecule has 2 aromatic rings. The molecule has 148 valence electrons. The van der Waals surface area contributed by atoms with E-state index in [1.807, 2.05) is 26.0 Å². The van der Waals surface area contributed by atoms with Gasteiger partial charge in [0, 0.05) is 20.1 Å². The van der Waals surface area contributed by atoms with E-state index in [4.69, 9.17) is 4.74 Å². The normalized spacial score (nSPS) is 26.2. The number of nitrogens with one attached hydrogen (secondary N) is 1. The molecule has 0 aromatic heterocycles. The van der Waals surface area contributed by atoms with Gasteiger partial charge < -0.3 is 4.74 Å². The van der Waals surface area contributed by atoms with Gasteiger partial charge in [0.05, 0.1) is 18.3 Å². The number of likely N-dealkylation sites (N-methyl/N-ethyl adjacent to an activating group) is 1. The van der Waals surface area contributed by atoms with E-state index in [-0.39, 0.29) is 17.6 Å². The number of amides is 1. The van der Waals surface area contributed by atoms with Crippen LogP contribution in [0.5, 0.6) is 0 Å². The molecule has 2 unspecified atom stereocenters. The monoisotopic (exact) mass is 379 g/mol. The molecule has 1 fully saturated rings. The molecule has 0 aliphatic carbocycles. The van der Waals surface area contributed by atoms with Crippen LogP contribution in [0.4, 0.5) is 5.69 Å². The molecule has 28 heavy (non-hydrogen) atoms. The van der Waals surface area contributed by atoms with Crippen LogP contribution in [0.15, 0.2) is 48.5 Å². The van der Waals surface area contributed by atoms with Gasteiger partial charge >= 0.3 is 0 Å². The number of nitrogens with zero attached hydrogens (tertiary/aromatic N) is 2. The molecule has 1 saturated heterocycles. The van der Waals surface area contributed by atoms with Crippen LogP contribution >= 0.6 is 0 Å². The molecule has 3 aliphatic heterocycles. The fourth-order valence-electron chi connectivity index (χ4n) is 4.63. The summed E-state index contributed by atoms with van der Waals surface area (Å²) in [6.45, 7) is 6.32. The van der Waals surface area contributed by atoms with Crippen molar-refractivity contribution in [3.8, 4) is 0 Å². The zero-order valence-electron chi connectivity index (χ0n) is 16.9. The van der Waals surface area contributed by atoms with Crippen molar-refractivity contribution in [3.05, 3.63) is 65.2 Å². The molecule has 2 aromatic carbocycles. The van der Waals surface area contributed by atoms with Gasteiger partial charge in [-0.05, 0) is 41.7 Å². The van der Waals surface area contributed by atoms with Crippen LogP contribution in [0.1, 0.15) is 37.0 Å². The van der Waals surface area contributed by atoms with Gasteiger partial charge in [-0.3, -0.25) is 20.1 Å². The highest BCUT2D eigenvalue weighted by molar-refractivity contribution is 5.84. The second-order valence-corrected chi connectivity index (χ2v) is 7.59. The first-order valence-corrected chi connectivity index (χ1v) is 10.2. The summed E-state index contributed by atoms with van der Waals surface area (Å²) in [4.78, 5) is 15.4. The molecule has 1 N–H and O–H groups in total. The van der Waals surface area contributed by atoms with Gasteiger partial charge in [0.2, 0.25) is 0 Å². The highest BCUT2D eigenvalue weighted by Gasteiger charge is 2.48. The lowest BCUT2D eigenvalue weighted by Gasteiger charge is -2.34. The van der Waals surface area contributed by atoms with E-state index in [0.29, 0.717) is 6.61 Å². The smallest absolute Gasteiger partial charge is 0.258 e. The minimum atomic E-state index is -0.257. The van der Waals surface area contributed by atoms with Gasteiger partial charge in [0.25, 0.3) is 5.91 Å². The fourth-order valence-corrected chi connectivity index (χ4v) is 4.63. The predicted octanol–water partition coefficient (Wildman–Crippen LogP) is 3.55. The molecule has 3 heterocycles. The number of hydrogen-bond donors (Lipinski definition) is 1. The van der Waals surface area contributed by atoms with Crippen molar-refractivity contribution >= 4 is 11.6 Å². The first-order chi connectivity index (χ1) is 13.6. The van der Waals surface area contributed by atoms with Gasteiger partial charge in [0.15, 0.2) is 0 Å². The topological polar surface area (TPSA) is 44.8 Å². The summed E-state index contributed by atoms with van der Waals surface area (Å²) in [6.07, 6.45) is 1.67. The highest BCUT2D eigenvalue weighted by Crippen LogP contribution is 2.44. The SMILES string of the molecule is CC.CN1Nc2cccc(c2)CC(N2CCC3(C2)OCc2ccccc23)C1=O. The Morgan fingerprint density at radius 2 is 1.96 bits per heavy atom. The summed E-state index contributed by atoms with van der Waals surface area (Å²) < 4.78 is 6.27. The Hall–Kier alpha value is -2.37. The third-order valence-corrected chi connectivity index (χ3v) is 5.98. The number of carbonyl (C=O) groups is 1. The third-order valence-electron chi connectivity index (χ3n) is 5.98. The molecular formula is C23H29N3O2. The Bertz CT molecular complexity index is 868. The van der Waals surface area contributed by atoms with Crippen molar-refractivity contribution in [1.29, 1.82) is 0 Å². The van der Waals surface area contributed by atoms with Crippen LogP contribution in [0.3, 0.4) is 0 Å². The van der Waals surface area contributed by atoms with E-state index >= 15 is 0 Å². The Morgan fingerprint density at radius 3 is 2.82 bits per heavy atom. The molecule has 5 nitrogen and oxygen atoms in total. The predicted molar refractivity (Wildman–Crippen MR) is 111 cm³/mol. The van der Waals surface area contributed by atoms with E-state index in [0.717, 1.165) is 31.6 Å². The Labute approximate surface area is 167 Å². The molecule has 5 rings (SSSR count). The largest absolute Gasteiger partial charge is 0.364 e. The molecule has 3 aliphatic rings. The lowest BCUT2D eigenvalue weighted by molar-refractivity contribution is -0.134. The van der Waals surface area contributed by atoms with Gasteiger partial charge in [0.1, 0.15) is 5.60 Å². The van der Waals surface area contributed by atoms with Crippen LogP contribution in [0.25, 0.3) is 0 Å². The van der Waals surface area contributed by atoms with E-state index < -0.39 is 0 Å². The minimum absolute atomic E-state index is 0.111. The van der Waals surface area contributed by atoms with Crippen molar-refractivity contribution < 1.29 is 9.53 Å². The van der Waals surface area contributed by atoms with Gasteiger partial charge in [-0.15, -0.1) is 0 Å². The number of hydrazine groups is 1. The number of fused-ring (bicyclic) bond motifs is 4. The Morgan fingerprint density at radius 1 is 1.14 bits per heavy atom. The van der Waals surface area contributed by atoms with Crippen molar-refractivity contribution in [2.75, 3.05) is 25.6 Å². The molecule has 0 radical (unpaired) electrons. The third kappa shape index (κ3) is 3.19. The summed E-state index contributed by atoms with van der Waals surface area (Å²) in [5.74, 6) is 0.111. The van der Waals surface area contributed by atoms with Crippen molar-refractivity contribution in [2.24, 2.45) is 0 Å². The van der Waals surface area contributed by atoms with Gasteiger partial charge in [-0.2, -0.15) is 0 Å². The number of anilines is 1. The zero-order valence-corrected chi connectivity index (χ0v) is 16.9. The Kier molecular flexibility index (Phi) is 5.13. The molecule has 5 heteroatoms. The quantitative estimate of drug-likeness (QED) is 0.823. The number of ether oxygens (including phenoxy) is 1.